The summed E-state index contributed by atoms with van der Waals surface area (Å²) in [6.45, 7) is 4.18. The molecule has 0 saturated carbocycles. The summed E-state index contributed by atoms with van der Waals surface area (Å²) in [6.07, 6.45) is -2.54. The highest BCUT2D eigenvalue weighted by Crippen LogP contribution is 2.51. The number of hydrogen-bond acceptors (Lipinski definition) is 5. The molecule has 1 aromatic heterocycles. The van der Waals surface area contributed by atoms with Crippen LogP contribution in [0, 0.1) is 6.92 Å². The number of carbonyl (C=O) groups is 1. The zero-order valence-corrected chi connectivity index (χ0v) is 18.4. The molecular weight excluding hydrogens is 433 g/mol. The van der Waals surface area contributed by atoms with Crippen molar-refractivity contribution in [2.24, 2.45) is 17.3 Å². The van der Waals surface area contributed by atoms with Crippen molar-refractivity contribution in [2.45, 2.75) is 44.4 Å². The minimum absolute atomic E-state index is 0.271. The molecule has 172 valence electrons. The number of nitrogens with zero attached hydrogens (tertiary/aromatic N) is 5. The van der Waals surface area contributed by atoms with Crippen LogP contribution in [0.25, 0.3) is 0 Å². The van der Waals surface area contributed by atoms with E-state index in [9.17, 15) is 18.0 Å². The van der Waals surface area contributed by atoms with Gasteiger partial charge in [0.25, 0.3) is 5.91 Å². The zero-order chi connectivity index (χ0) is 23.5. The van der Waals surface area contributed by atoms with E-state index in [0.29, 0.717) is 47.6 Å². The topological polar surface area (TPSA) is 74.9 Å². The fraction of sp³-hybridized carbons (Fsp3) is 0.391. The summed E-state index contributed by atoms with van der Waals surface area (Å²) in [5.41, 5.74) is 1.28. The number of aromatic nitrogens is 2. The van der Waals surface area contributed by atoms with Crippen LogP contribution in [0.3, 0.4) is 0 Å². The van der Waals surface area contributed by atoms with Crippen LogP contribution in [-0.4, -0.2) is 28.4 Å². The van der Waals surface area contributed by atoms with Gasteiger partial charge in [-0.3, -0.25) is 14.4 Å². The lowest BCUT2D eigenvalue weighted by molar-refractivity contribution is -0.137. The molecule has 1 aromatic carbocycles. The van der Waals surface area contributed by atoms with Gasteiger partial charge in [0, 0.05) is 43.0 Å². The van der Waals surface area contributed by atoms with Gasteiger partial charge in [-0.05, 0) is 25.0 Å². The number of fused-ring (bicyclic) bond motifs is 1. The van der Waals surface area contributed by atoms with Crippen molar-refractivity contribution in [3.63, 3.8) is 0 Å². The molecule has 0 bridgehead atoms. The molecule has 1 unspecified atom stereocenters. The van der Waals surface area contributed by atoms with Gasteiger partial charge >= 0.3 is 6.18 Å². The number of alkyl halides is 3. The summed E-state index contributed by atoms with van der Waals surface area (Å²) in [6, 6.07) is 7.07. The SMILES string of the molecule is CC[C@]1(c2cccc(C(F)(F)F)c2)C2=CN=NC2NC2=C1C(=O)N(c1cc(C)n(C)n1)CC2. The Hall–Kier alpha value is -3.43. The second-order valence-electron chi connectivity index (χ2n) is 8.53. The van der Waals surface area contributed by atoms with E-state index in [0.717, 1.165) is 17.8 Å². The maximum atomic E-state index is 14.0. The number of aryl methyl sites for hydroxylation is 2. The molecule has 1 amide bonds. The molecule has 0 spiro atoms. The summed E-state index contributed by atoms with van der Waals surface area (Å²) >= 11 is 0. The molecule has 3 aliphatic heterocycles. The number of nitrogens with one attached hydrogen (secondary N) is 1. The molecule has 10 heteroatoms. The van der Waals surface area contributed by atoms with Crippen molar-refractivity contribution >= 4 is 11.7 Å². The van der Waals surface area contributed by atoms with Crippen LogP contribution >= 0.6 is 0 Å². The Morgan fingerprint density at radius 3 is 2.73 bits per heavy atom. The molecule has 0 fully saturated rings. The second kappa shape index (κ2) is 7.29. The van der Waals surface area contributed by atoms with E-state index in [4.69, 9.17) is 0 Å². The highest BCUT2D eigenvalue weighted by atomic mass is 19.4. The molecule has 0 aliphatic carbocycles. The minimum atomic E-state index is -4.50. The third kappa shape index (κ3) is 3.11. The van der Waals surface area contributed by atoms with E-state index in [-0.39, 0.29) is 5.91 Å². The first kappa shape index (κ1) is 21.4. The first-order valence-electron chi connectivity index (χ1n) is 10.8. The van der Waals surface area contributed by atoms with Gasteiger partial charge in [0.15, 0.2) is 12.0 Å². The number of benzene rings is 1. The highest BCUT2D eigenvalue weighted by molar-refractivity contribution is 6.09. The smallest absolute Gasteiger partial charge is 0.362 e. The number of amides is 1. The van der Waals surface area contributed by atoms with Gasteiger partial charge in [-0.1, -0.05) is 25.1 Å². The average Bonchev–Trinajstić information content (AvgIpc) is 3.38. The minimum Gasteiger partial charge on any atom is -0.362 e. The Kier molecular flexibility index (Phi) is 4.73. The first-order chi connectivity index (χ1) is 15.7. The van der Waals surface area contributed by atoms with Crippen LogP contribution < -0.4 is 10.2 Å². The van der Waals surface area contributed by atoms with Crippen LogP contribution in [0.2, 0.25) is 0 Å². The summed E-state index contributed by atoms with van der Waals surface area (Å²) in [4.78, 5) is 15.6. The van der Waals surface area contributed by atoms with Gasteiger partial charge in [0.05, 0.1) is 22.8 Å². The standard InChI is InChI=1S/C23H23F3N6O/c1-4-22(14-6-5-7-15(11-14)23(24,25)26)16-12-27-29-20(16)28-17-8-9-32(21(33)19(17)22)18-10-13(2)31(3)30-18/h5-7,10-12,20,28H,4,8-9H2,1-3H3/t20?,22-/m0/s1. The van der Waals surface area contributed by atoms with Crippen molar-refractivity contribution in [3.05, 3.63) is 70.2 Å². The maximum absolute atomic E-state index is 14.0. The lowest BCUT2D eigenvalue weighted by Crippen LogP contribution is -2.54. The van der Waals surface area contributed by atoms with Gasteiger partial charge < -0.3 is 5.32 Å². The monoisotopic (exact) mass is 456 g/mol. The van der Waals surface area contributed by atoms with Crippen LogP contribution in [-0.2, 0) is 23.4 Å². The van der Waals surface area contributed by atoms with Crippen LogP contribution in [0.15, 0.2) is 63.6 Å². The van der Waals surface area contributed by atoms with Crippen molar-refractivity contribution < 1.29 is 18.0 Å². The average molecular weight is 456 g/mol. The second-order valence-corrected chi connectivity index (χ2v) is 8.53. The van der Waals surface area contributed by atoms with Gasteiger partial charge in [0.2, 0.25) is 0 Å². The Bertz CT molecular complexity index is 1220. The molecule has 0 radical (unpaired) electrons. The molecule has 2 aromatic rings. The van der Waals surface area contributed by atoms with E-state index in [1.54, 1.807) is 28.9 Å². The lowest BCUT2D eigenvalue weighted by Gasteiger charge is -2.47. The quantitative estimate of drug-likeness (QED) is 0.746. The fourth-order valence-electron chi connectivity index (χ4n) is 5.10. The van der Waals surface area contributed by atoms with Crippen LogP contribution in [0.5, 0.6) is 0 Å². The van der Waals surface area contributed by atoms with Crippen molar-refractivity contribution in [2.75, 3.05) is 11.4 Å². The van der Waals surface area contributed by atoms with Crippen LogP contribution in [0.1, 0.15) is 36.6 Å². The molecule has 2 atom stereocenters. The Labute approximate surface area is 188 Å². The van der Waals surface area contributed by atoms with E-state index in [2.05, 4.69) is 20.6 Å². The summed E-state index contributed by atoms with van der Waals surface area (Å²) in [5, 5.41) is 16.0. The van der Waals surface area contributed by atoms with Gasteiger partial charge in [-0.15, -0.1) is 0 Å². The number of carbonyl (C=O) groups excluding carboxylic acids is 1. The third-order valence-corrected chi connectivity index (χ3v) is 6.84. The normalized spacial score (nSPS) is 24.5. The van der Waals surface area contributed by atoms with Gasteiger partial charge in [-0.25, -0.2) is 0 Å². The summed E-state index contributed by atoms with van der Waals surface area (Å²) in [7, 11) is 1.80. The summed E-state index contributed by atoms with van der Waals surface area (Å²) < 4.78 is 42.5. The number of halogens is 3. The molecule has 33 heavy (non-hydrogen) atoms. The highest BCUT2D eigenvalue weighted by Gasteiger charge is 2.53. The number of azo groups is 1. The molecule has 4 heterocycles. The number of rotatable bonds is 3. The zero-order valence-electron chi connectivity index (χ0n) is 18.4. The molecule has 1 N–H and O–H groups in total. The van der Waals surface area contributed by atoms with Crippen molar-refractivity contribution in [1.29, 1.82) is 0 Å². The van der Waals surface area contributed by atoms with E-state index in [1.807, 2.05) is 19.9 Å². The lowest BCUT2D eigenvalue weighted by atomic mass is 9.62. The predicted octanol–water partition coefficient (Wildman–Crippen LogP) is 4.37. The van der Waals surface area contributed by atoms with Crippen molar-refractivity contribution in [1.82, 2.24) is 15.1 Å². The predicted molar refractivity (Wildman–Crippen MR) is 115 cm³/mol. The van der Waals surface area contributed by atoms with Gasteiger partial charge in [0.1, 0.15) is 0 Å². The Balaban J connectivity index is 1.71. The summed E-state index contributed by atoms with van der Waals surface area (Å²) in [5.74, 6) is 0.254. The van der Waals surface area contributed by atoms with Gasteiger partial charge in [-0.2, -0.15) is 28.5 Å². The molecular formula is C23H23F3N6O. The Morgan fingerprint density at radius 1 is 1.27 bits per heavy atom. The largest absolute Gasteiger partial charge is 0.416 e. The Morgan fingerprint density at radius 2 is 2.06 bits per heavy atom. The molecule has 3 aliphatic rings. The fourth-order valence-corrected chi connectivity index (χ4v) is 5.10. The third-order valence-electron chi connectivity index (χ3n) is 6.84. The van der Waals surface area contributed by atoms with E-state index < -0.39 is 23.3 Å². The number of anilines is 1. The molecule has 7 nitrogen and oxygen atoms in total. The number of hydrogen-bond donors (Lipinski definition) is 1. The molecule has 5 rings (SSSR count). The maximum Gasteiger partial charge on any atom is 0.416 e. The molecule has 0 saturated heterocycles. The van der Waals surface area contributed by atoms with E-state index >= 15 is 0 Å². The first-order valence-corrected chi connectivity index (χ1v) is 10.8. The van der Waals surface area contributed by atoms with Crippen molar-refractivity contribution in [3.8, 4) is 0 Å². The van der Waals surface area contributed by atoms with Crippen LogP contribution in [0.4, 0.5) is 19.0 Å². The van der Waals surface area contributed by atoms with E-state index in [1.165, 1.54) is 6.07 Å².